The Morgan fingerprint density at radius 2 is 0.920 bits per heavy atom. The van der Waals surface area contributed by atoms with Crippen molar-refractivity contribution in [3.63, 3.8) is 0 Å². The molecule has 0 aromatic rings. The topological polar surface area (TPSA) is 12.0 Å². The molecule has 0 aromatic carbocycles. The normalized spacial score (nSPS) is 13.2. The van der Waals surface area contributed by atoms with Crippen LogP contribution in [0, 0.1) is 0 Å². The first-order valence-corrected chi connectivity index (χ1v) is 16.0. The van der Waals surface area contributed by atoms with E-state index in [0.29, 0.717) is 0 Å². The molecular weight excluding hydrogens is 457 g/mol. The molecule has 0 amide bonds. The number of rotatable bonds is 18. The van der Waals surface area contributed by atoms with Gasteiger partial charge in [-0.1, -0.05) is 0 Å². The standard InChI is InChI=1S/C21H47BrNP.BrH/c1-5-9-13-16-23-17-14-15-21-24(22,18-10-6-2,19-11-7-3)20-12-8-4;/h23H,5-21H2,1-4H3;1H. The summed E-state index contributed by atoms with van der Waals surface area (Å²) < 4.78 is 0. The number of hydrogen-bond donors (Lipinski definition) is 1. The molecule has 0 heterocycles. The Labute approximate surface area is 178 Å². The first-order chi connectivity index (χ1) is 11.5. The third-order valence-electron chi connectivity index (χ3n) is 5.49. The van der Waals surface area contributed by atoms with Gasteiger partial charge >= 0.3 is 162 Å². The minimum absolute atomic E-state index is 0. The van der Waals surface area contributed by atoms with Crippen LogP contribution in [-0.4, -0.2) is 37.7 Å². The predicted molar refractivity (Wildman–Crippen MR) is 132 cm³/mol. The molecule has 1 nitrogen and oxygen atoms in total. The second-order valence-corrected chi connectivity index (χ2v) is 19.4. The monoisotopic (exact) mass is 503 g/mol. The molecule has 0 spiro atoms. The van der Waals surface area contributed by atoms with Crippen molar-refractivity contribution in [1.29, 1.82) is 0 Å². The molecule has 0 bridgehead atoms. The molecule has 0 aliphatic carbocycles. The quantitative estimate of drug-likeness (QED) is 0.146. The van der Waals surface area contributed by atoms with Crippen LogP contribution in [0.25, 0.3) is 0 Å². The fourth-order valence-electron chi connectivity index (χ4n) is 3.71. The summed E-state index contributed by atoms with van der Waals surface area (Å²) in [5, 5.41) is 2.01. The van der Waals surface area contributed by atoms with E-state index in [0.717, 1.165) is 0 Å². The summed E-state index contributed by atoms with van der Waals surface area (Å²) in [4.78, 5) is 0. The molecular formula is C21H48Br2NP. The summed E-state index contributed by atoms with van der Waals surface area (Å²) in [5.74, 6) is 0. The van der Waals surface area contributed by atoms with Gasteiger partial charge in [0.05, 0.1) is 0 Å². The third kappa shape index (κ3) is 14.1. The summed E-state index contributed by atoms with van der Waals surface area (Å²) in [6.07, 6.45) is 21.1. The Balaban J connectivity index is 0. The zero-order chi connectivity index (χ0) is 18.2. The fraction of sp³-hybridized carbons (Fsp3) is 1.00. The van der Waals surface area contributed by atoms with Gasteiger partial charge < -0.3 is 0 Å². The molecule has 0 radical (unpaired) electrons. The van der Waals surface area contributed by atoms with Gasteiger partial charge in [0.15, 0.2) is 0 Å². The SMILES string of the molecule is Br.CCCCCNCCCCP(Br)(CCCC)(CCCC)CCCC. The van der Waals surface area contributed by atoms with E-state index >= 15 is 0 Å². The average Bonchev–Trinajstić information content (AvgIpc) is 2.60. The van der Waals surface area contributed by atoms with Crippen LogP contribution in [0.2, 0.25) is 0 Å². The maximum atomic E-state index is 4.51. The second kappa shape index (κ2) is 17.4. The van der Waals surface area contributed by atoms with Crippen molar-refractivity contribution in [2.45, 2.75) is 98.3 Å². The van der Waals surface area contributed by atoms with Gasteiger partial charge in [-0.3, -0.25) is 0 Å². The van der Waals surface area contributed by atoms with E-state index in [9.17, 15) is 0 Å². The van der Waals surface area contributed by atoms with Crippen LogP contribution in [0.15, 0.2) is 0 Å². The molecule has 0 aliphatic rings. The van der Waals surface area contributed by atoms with Gasteiger partial charge in [-0.25, -0.2) is 0 Å². The van der Waals surface area contributed by atoms with E-state index in [1.165, 1.54) is 108 Å². The Hall–Kier alpha value is 1.35. The van der Waals surface area contributed by atoms with Crippen LogP contribution in [0.3, 0.4) is 0 Å². The van der Waals surface area contributed by atoms with Crippen LogP contribution in [-0.2, 0) is 0 Å². The Morgan fingerprint density at radius 3 is 1.32 bits per heavy atom. The molecule has 0 saturated carbocycles. The van der Waals surface area contributed by atoms with Gasteiger partial charge in [0.25, 0.3) is 0 Å². The van der Waals surface area contributed by atoms with Crippen molar-refractivity contribution in [3.05, 3.63) is 0 Å². The summed E-state index contributed by atoms with van der Waals surface area (Å²) in [5.41, 5.74) is 0. The van der Waals surface area contributed by atoms with E-state index in [2.05, 4.69) is 48.5 Å². The first kappa shape index (κ1) is 28.6. The molecule has 4 heteroatoms. The van der Waals surface area contributed by atoms with Crippen LogP contribution < -0.4 is 5.32 Å². The third-order valence-corrected chi connectivity index (χ3v) is 15.5. The Kier molecular flexibility index (Phi) is 19.9. The Morgan fingerprint density at radius 1 is 0.560 bits per heavy atom. The fourth-order valence-corrected chi connectivity index (χ4v) is 12.4. The molecule has 0 fully saturated rings. The van der Waals surface area contributed by atoms with Crippen LogP contribution in [0.4, 0.5) is 0 Å². The van der Waals surface area contributed by atoms with E-state index in [1.54, 1.807) is 0 Å². The van der Waals surface area contributed by atoms with Crippen molar-refractivity contribution < 1.29 is 0 Å². The van der Waals surface area contributed by atoms with Crippen LogP contribution in [0.5, 0.6) is 0 Å². The summed E-state index contributed by atoms with van der Waals surface area (Å²) >= 11 is 4.51. The molecule has 25 heavy (non-hydrogen) atoms. The minimum atomic E-state index is -1.64. The number of nitrogens with one attached hydrogen (secondary N) is 1. The average molecular weight is 505 g/mol. The molecule has 0 unspecified atom stereocenters. The molecule has 156 valence electrons. The number of hydrogen-bond acceptors (Lipinski definition) is 1. The van der Waals surface area contributed by atoms with Gasteiger partial charge in [-0.05, 0) is 0 Å². The van der Waals surface area contributed by atoms with E-state index < -0.39 is 5.31 Å². The van der Waals surface area contributed by atoms with E-state index in [-0.39, 0.29) is 17.0 Å². The maximum absolute atomic E-state index is 4.51. The zero-order valence-corrected chi connectivity index (χ0v) is 21.9. The van der Waals surface area contributed by atoms with Gasteiger partial charge in [-0.2, -0.15) is 0 Å². The molecule has 0 saturated heterocycles. The van der Waals surface area contributed by atoms with Crippen molar-refractivity contribution in [2.24, 2.45) is 0 Å². The molecule has 0 aromatic heterocycles. The molecule has 0 aliphatic heterocycles. The van der Waals surface area contributed by atoms with Crippen LogP contribution >= 0.6 is 37.8 Å². The molecule has 0 rings (SSSR count). The van der Waals surface area contributed by atoms with Gasteiger partial charge in [-0.15, -0.1) is 17.0 Å². The van der Waals surface area contributed by atoms with E-state index in [1.807, 2.05) is 0 Å². The molecule has 1 N–H and O–H groups in total. The van der Waals surface area contributed by atoms with Gasteiger partial charge in [0.2, 0.25) is 0 Å². The van der Waals surface area contributed by atoms with Crippen LogP contribution in [0.1, 0.15) is 98.3 Å². The van der Waals surface area contributed by atoms with Crippen molar-refractivity contribution in [1.82, 2.24) is 5.32 Å². The van der Waals surface area contributed by atoms with Crippen molar-refractivity contribution in [2.75, 3.05) is 37.7 Å². The number of unbranched alkanes of at least 4 members (excludes halogenated alkanes) is 6. The number of halogens is 2. The first-order valence-electron chi connectivity index (χ1n) is 11.0. The van der Waals surface area contributed by atoms with Crippen molar-refractivity contribution >= 4 is 37.8 Å². The Bertz CT molecular complexity index is 263. The van der Waals surface area contributed by atoms with E-state index in [4.69, 9.17) is 0 Å². The van der Waals surface area contributed by atoms with Gasteiger partial charge in [0, 0.05) is 0 Å². The molecule has 0 atom stereocenters. The summed E-state index contributed by atoms with van der Waals surface area (Å²) in [6, 6.07) is 0. The van der Waals surface area contributed by atoms with Gasteiger partial charge in [0.1, 0.15) is 0 Å². The van der Waals surface area contributed by atoms with Crippen molar-refractivity contribution in [3.8, 4) is 0 Å². The summed E-state index contributed by atoms with van der Waals surface area (Å²) in [6.45, 7) is 11.8. The zero-order valence-electron chi connectivity index (χ0n) is 17.8. The predicted octanol–water partition coefficient (Wildman–Crippen LogP) is 8.39. The second-order valence-electron chi connectivity index (χ2n) is 7.94. The summed E-state index contributed by atoms with van der Waals surface area (Å²) in [7, 11) is 0.